The molecule has 1 unspecified atom stereocenters. The third-order valence-corrected chi connectivity index (χ3v) is 4.60. The summed E-state index contributed by atoms with van der Waals surface area (Å²) in [6, 6.07) is 9.81. The summed E-state index contributed by atoms with van der Waals surface area (Å²) >= 11 is 1.74. The van der Waals surface area contributed by atoms with Crippen molar-refractivity contribution in [2.75, 3.05) is 11.9 Å². The second-order valence-corrected chi connectivity index (χ2v) is 6.52. The van der Waals surface area contributed by atoms with E-state index in [0.717, 1.165) is 17.8 Å². The molecule has 0 amide bonds. The van der Waals surface area contributed by atoms with Crippen LogP contribution in [0.5, 0.6) is 0 Å². The highest BCUT2D eigenvalue weighted by molar-refractivity contribution is 7.09. The zero-order valence-corrected chi connectivity index (χ0v) is 13.9. The van der Waals surface area contributed by atoms with Gasteiger partial charge in [0, 0.05) is 28.2 Å². The van der Waals surface area contributed by atoms with E-state index in [9.17, 15) is 4.39 Å². The molecule has 0 radical (unpaired) electrons. The molecule has 1 aromatic heterocycles. The molecule has 2 aromatic rings. The molecule has 1 atom stereocenters. The van der Waals surface area contributed by atoms with E-state index in [-0.39, 0.29) is 11.9 Å². The van der Waals surface area contributed by atoms with Crippen LogP contribution < -0.4 is 10.2 Å². The Balaban J connectivity index is 2.42. The van der Waals surface area contributed by atoms with E-state index < -0.39 is 0 Å². The van der Waals surface area contributed by atoms with Crippen molar-refractivity contribution >= 4 is 17.0 Å². The largest absolute Gasteiger partial charge is 0.364 e. The molecule has 0 aliphatic heterocycles. The van der Waals surface area contributed by atoms with Crippen LogP contribution >= 0.6 is 11.3 Å². The molecule has 1 heterocycles. The Hall–Kier alpha value is -1.39. The van der Waals surface area contributed by atoms with E-state index in [1.54, 1.807) is 17.4 Å². The van der Waals surface area contributed by atoms with Crippen molar-refractivity contribution in [3.8, 4) is 0 Å². The lowest BCUT2D eigenvalue weighted by molar-refractivity contribution is 0.555. The molecule has 0 aliphatic rings. The molecule has 1 N–H and O–H groups in total. The van der Waals surface area contributed by atoms with Gasteiger partial charge in [-0.1, -0.05) is 12.1 Å². The third-order valence-electron chi connectivity index (χ3n) is 3.73. The molecule has 4 heteroatoms. The highest BCUT2D eigenvalue weighted by Crippen LogP contribution is 2.31. The van der Waals surface area contributed by atoms with E-state index in [1.807, 2.05) is 20.0 Å². The number of hydrogen-bond donors (Lipinski definition) is 1. The quantitative estimate of drug-likeness (QED) is 0.840. The summed E-state index contributed by atoms with van der Waals surface area (Å²) < 4.78 is 14.3. The third kappa shape index (κ3) is 3.63. The molecular formula is C17H23FN2S. The molecule has 2 nitrogen and oxygen atoms in total. The Labute approximate surface area is 130 Å². The fourth-order valence-electron chi connectivity index (χ4n) is 2.47. The lowest BCUT2D eigenvalue weighted by atomic mass is 10.0. The normalized spacial score (nSPS) is 12.7. The van der Waals surface area contributed by atoms with E-state index in [2.05, 4.69) is 41.6 Å². The monoisotopic (exact) mass is 306 g/mol. The smallest absolute Gasteiger partial charge is 0.130 e. The molecule has 1 aromatic carbocycles. The first kappa shape index (κ1) is 16.0. The van der Waals surface area contributed by atoms with Crippen molar-refractivity contribution in [2.45, 2.75) is 39.4 Å². The first-order valence-corrected chi connectivity index (χ1v) is 8.17. The summed E-state index contributed by atoms with van der Waals surface area (Å²) in [7, 11) is 1.86. The minimum atomic E-state index is -0.147. The van der Waals surface area contributed by atoms with Crippen LogP contribution in [0.2, 0.25) is 0 Å². The van der Waals surface area contributed by atoms with Crippen LogP contribution in [0.3, 0.4) is 0 Å². The first-order chi connectivity index (χ1) is 10.0. The Morgan fingerprint density at radius 3 is 2.52 bits per heavy atom. The van der Waals surface area contributed by atoms with Crippen LogP contribution in [0.1, 0.15) is 37.3 Å². The highest BCUT2D eigenvalue weighted by atomic mass is 32.1. The highest BCUT2D eigenvalue weighted by Gasteiger charge is 2.21. The van der Waals surface area contributed by atoms with Crippen molar-refractivity contribution in [3.05, 3.63) is 52.0 Å². The number of benzene rings is 1. The Morgan fingerprint density at radius 2 is 1.95 bits per heavy atom. The molecular weight excluding hydrogens is 283 g/mol. The molecule has 0 spiro atoms. The minimum absolute atomic E-state index is 0.0224. The maximum atomic E-state index is 14.3. The van der Waals surface area contributed by atoms with Gasteiger partial charge < -0.3 is 10.2 Å². The van der Waals surface area contributed by atoms with Gasteiger partial charge in [0.1, 0.15) is 5.82 Å². The fraction of sp³-hybridized carbons (Fsp3) is 0.412. The van der Waals surface area contributed by atoms with Crippen molar-refractivity contribution in [1.82, 2.24) is 5.32 Å². The first-order valence-electron chi connectivity index (χ1n) is 7.29. The topological polar surface area (TPSA) is 15.3 Å². The van der Waals surface area contributed by atoms with Gasteiger partial charge in [0.25, 0.3) is 0 Å². The van der Waals surface area contributed by atoms with Gasteiger partial charge >= 0.3 is 0 Å². The summed E-state index contributed by atoms with van der Waals surface area (Å²) in [6.07, 6.45) is 0. The van der Waals surface area contributed by atoms with Crippen molar-refractivity contribution in [3.63, 3.8) is 0 Å². The molecule has 114 valence electrons. The standard InChI is InChI=1S/C17H23FN2S/c1-12(2)20(11-14-7-6-10-21-14)16-9-5-8-15(18)17(16)13(3)19-4/h5-10,12-13,19H,11H2,1-4H3. The average Bonchev–Trinajstić information content (AvgIpc) is 2.96. The van der Waals surface area contributed by atoms with Gasteiger partial charge in [0.15, 0.2) is 0 Å². The summed E-state index contributed by atoms with van der Waals surface area (Å²) in [5.74, 6) is -0.147. The molecule has 0 saturated heterocycles. The number of anilines is 1. The van der Waals surface area contributed by atoms with Gasteiger partial charge in [0.05, 0.1) is 6.54 Å². The number of halogens is 1. The van der Waals surface area contributed by atoms with Crippen molar-refractivity contribution in [1.29, 1.82) is 0 Å². The van der Waals surface area contributed by atoms with Crippen LogP contribution in [0.15, 0.2) is 35.7 Å². The van der Waals surface area contributed by atoms with Crippen LogP contribution in [0.25, 0.3) is 0 Å². The lowest BCUT2D eigenvalue weighted by Gasteiger charge is -2.32. The predicted molar refractivity (Wildman–Crippen MR) is 89.5 cm³/mol. The Morgan fingerprint density at radius 1 is 1.19 bits per heavy atom. The number of rotatable bonds is 6. The van der Waals surface area contributed by atoms with Crippen LogP contribution in [0, 0.1) is 5.82 Å². The summed E-state index contributed by atoms with van der Waals surface area (Å²) in [4.78, 5) is 3.55. The maximum absolute atomic E-state index is 14.3. The summed E-state index contributed by atoms with van der Waals surface area (Å²) in [5.41, 5.74) is 1.71. The van der Waals surface area contributed by atoms with E-state index in [0.29, 0.717) is 6.04 Å². The van der Waals surface area contributed by atoms with Crippen LogP contribution in [-0.4, -0.2) is 13.1 Å². The molecule has 21 heavy (non-hydrogen) atoms. The molecule has 0 bridgehead atoms. The van der Waals surface area contributed by atoms with Gasteiger partial charge in [-0.15, -0.1) is 11.3 Å². The Kier molecular flexibility index (Phi) is 5.37. The number of thiophene rings is 1. The fourth-order valence-corrected chi connectivity index (χ4v) is 3.17. The maximum Gasteiger partial charge on any atom is 0.130 e. The number of hydrogen-bond acceptors (Lipinski definition) is 3. The van der Waals surface area contributed by atoms with Gasteiger partial charge in [0.2, 0.25) is 0 Å². The van der Waals surface area contributed by atoms with Gasteiger partial charge in [-0.25, -0.2) is 4.39 Å². The molecule has 0 aliphatic carbocycles. The molecule has 0 fully saturated rings. The van der Waals surface area contributed by atoms with E-state index >= 15 is 0 Å². The zero-order chi connectivity index (χ0) is 15.4. The second-order valence-electron chi connectivity index (χ2n) is 5.48. The lowest BCUT2D eigenvalue weighted by Crippen LogP contribution is -2.32. The van der Waals surface area contributed by atoms with Gasteiger partial charge in [-0.3, -0.25) is 0 Å². The molecule has 2 rings (SSSR count). The van der Waals surface area contributed by atoms with Gasteiger partial charge in [-0.05, 0) is 51.4 Å². The number of nitrogens with zero attached hydrogens (tertiary/aromatic N) is 1. The van der Waals surface area contributed by atoms with Crippen molar-refractivity contribution in [2.24, 2.45) is 0 Å². The average molecular weight is 306 g/mol. The van der Waals surface area contributed by atoms with E-state index in [4.69, 9.17) is 0 Å². The summed E-state index contributed by atoms with van der Waals surface area (Å²) in [6.45, 7) is 7.09. The van der Waals surface area contributed by atoms with Crippen LogP contribution in [-0.2, 0) is 6.54 Å². The van der Waals surface area contributed by atoms with Crippen molar-refractivity contribution < 1.29 is 4.39 Å². The predicted octanol–water partition coefficient (Wildman–Crippen LogP) is 4.58. The van der Waals surface area contributed by atoms with Crippen LogP contribution in [0.4, 0.5) is 10.1 Å². The Bertz CT molecular complexity index is 566. The second kappa shape index (κ2) is 7.05. The summed E-state index contributed by atoms with van der Waals surface area (Å²) in [5, 5.41) is 5.23. The van der Waals surface area contributed by atoms with E-state index in [1.165, 1.54) is 10.9 Å². The molecule has 0 saturated carbocycles. The SMILES string of the molecule is CNC(C)c1c(F)cccc1N(Cc1cccs1)C(C)C. The minimum Gasteiger partial charge on any atom is -0.364 e. The zero-order valence-electron chi connectivity index (χ0n) is 13.1. The number of nitrogens with one attached hydrogen (secondary N) is 1. The van der Waals surface area contributed by atoms with Gasteiger partial charge in [-0.2, -0.15) is 0 Å².